The van der Waals surface area contributed by atoms with Crippen LogP contribution in [0.1, 0.15) is 103 Å². The summed E-state index contributed by atoms with van der Waals surface area (Å²) in [5.74, 6) is 0.834. The maximum absolute atomic E-state index is 6.43. The highest BCUT2D eigenvalue weighted by atomic mass is 14.6. The fourth-order valence-electron chi connectivity index (χ4n) is 4.45. The van der Waals surface area contributed by atoms with Gasteiger partial charge in [-0.1, -0.05) is 50.2 Å². The molecule has 2 aliphatic carbocycles. The number of hydrogen-bond acceptors (Lipinski definition) is 1. The van der Waals surface area contributed by atoms with Crippen molar-refractivity contribution in [3.8, 4) is 0 Å². The van der Waals surface area contributed by atoms with E-state index >= 15 is 0 Å². The summed E-state index contributed by atoms with van der Waals surface area (Å²) in [7, 11) is 0. The van der Waals surface area contributed by atoms with Crippen molar-refractivity contribution < 1.29 is 0 Å². The van der Waals surface area contributed by atoms with Crippen molar-refractivity contribution in [1.82, 2.24) is 0 Å². The van der Waals surface area contributed by atoms with Gasteiger partial charge < -0.3 is 5.73 Å². The zero-order valence-electron chi connectivity index (χ0n) is 14.3. The van der Waals surface area contributed by atoms with E-state index in [4.69, 9.17) is 5.73 Å². The van der Waals surface area contributed by atoms with E-state index in [9.17, 15) is 0 Å². The molecule has 2 rings (SSSR count). The van der Waals surface area contributed by atoms with Gasteiger partial charge in [-0.05, 0) is 70.1 Å². The average molecular weight is 292 g/mol. The van der Waals surface area contributed by atoms with E-state index in [2.05, 4.69) is 6.92 Å². The van der Waals surface area contributed by atoms with Crippen molar-refractivity contribution in [2.45, 2.75) is 109 Å². The van der Waals surface area contributed by atoms with Crippen LogP contribution >= 0.6 is 0 Å². The predicted molar refractivity (Wildman–Crippen MR) is 93.4 cm³/mol. The Kier molecular flexibility index (Phi) is 7.85. The van der Waals surface area contributed by atoms with Crippen LogP contribution in [0.25, 0.3) is 0 Å². The van der Waals surface area contributed by atoms with Crippen LogP contribution in [0.5, 0.6) is 0 Å². The van der Waals surface area contributed by atoms with Crippen LogP contribution in [-0.2, 0) is 0 Å². The van der Waals surface area contributed by atoms with E-state index in [1.54, 1.807) is 5.57 Å². The summed E-state index contributed by atoms with van der Waals surface area (Å²) in [5, 5.41) is 0. The number of rotatable bonds is 7. The minimum absolute atomic E-state index is 0.484. The summed E-state index contributed by atoms with van der Waals surface area (Å²) in [6.07, 6.45) is 20.8. The standard InChI is InChI=1S/C20H37N/c1-2-17(18-12-5-3-6-13-18)11-9-10-16-20(21)19-14-7-4-8-15-19/h19-20H,2-16,21H2,1H3. The molecule has 2 N–H and O–H groups in total. The van der Waals surface area contributed by atoms with Gasteiger partial charge in [-0.15, -0.1) is 0 Å². The van der Waals surface area contributed by atoms with Gasteiger partial charge in [-0.2, -0.15) is 0 Å². The molecule has 1 heteroatoms. The maximum Gasteiger partial charge on any atom is 0.00671 e. The van der Waals surface area contributed by atoms with Crippen LogP contribution < -0.4 is 5.73 Å². The second kappa shape index (κ2) is 9.66. The largest absolute Gasteiger partial charge is 0.327 e. The maximum atomic E-state index is 6.43. The van der Waals surface area contributed by atoms with E-state index < -0.39 is 0 Å². The van der Waals surface area contributed by atoms with Crippen LogP contribution in [0, 0.1) is 5.92 Å². The quantitative estimate of drug-likeness (QED) is 0.443. The van der Waals surface area contributed by atoms with E-state index in [1.807, 2.05) is 5.57 Å². The molecule has 0 spiro atoms. The Labute approximate surface area is 132 Å². The molecule has 2 saturated carbocycles. The summed E-state index contributed by atoms with van der Waals surface area (Å²) in [6.45, 7) is 2.35. The molecule has 1 nitrogen and oxygen atoms in total. The van der Waals surface area contributed by atoms with Gasteiger partial charge in [0.25, 0.3) is 0 Å². The molecule has 0 aromatic heterocycles. The van der Waals surface area contributed by atoms with Gasteiger partial charge in [0.15, 0.2) is 0 Å². The fraction of sp³-hybridized carbons (Fsp3) is 0.900. The molecule has 0 aromatic carbocycles. The van der Waals surface area contributed by atoms with Crippen LogP contribution in [0.15, 0.2) is 11.1 Å². The van der Waals surface area contributed by atoms with Gasteiger partial charge in [-0.3, -0.25) is 0 Å². The van der Waals surface area contributed by atoms with Gasteiger partial charge >= 0.3 is 0 Å². The Morgan fingerprint density at radius 2 is 1.67 bits per heavy atom. The molecule has 21 heavy (non-hydrogen) atoms. The zero-order chi connectivity index (χ0) is 14.9. The van der Waals surface area contributed by atoms with Gasteiger partial charge in [0.1, 0.15) is 0 Å². The van der Waals surface area contributed by atoms with Gasteiger partial charge in [0.2, 0.25) is 0 Å². The van der Waals surface area contributed by atoms with Crippen LogP contribution in [0.3, 0.4) is 0 Å². The predicted octanol–water partition coefficient (Wildman–Crippen LogP) is 6.13. The second-order valence-electron chi connectivity index (χ2n) is 7.43. The van der Waals surface area contributed by atoms with Crippen molar-refractivity contribution in [2.75, 3.05) is 0 Å². The SMILES string of the molecule is CCC(CCCCC(N)C1CCCCC1)=C1CCCCC1. The second-order valence-corrected chi connectivity index (χ2v) is 7.43. The van der Waals surface area contributed by atoms with E-state index in [1.165, 1.54) is 96.3 Å². The molecule has 0 bridgehead atoms. The van der Waals surface area contributed by atoms with Crippen LogP contribution in [0.2, 0.25) is 0 Å². The first-order chi connectivity index (χ1) is 10.3. The molecular weight excluding hydrogens is 254 g/mol. The lowest BCUT2D eigenvalue weighted by molar-refractivity contribution is 0.290. The smallest absolute Gasteiger partial charge is 0.00671 e. The highest BCUT2D eigenvalue weighted by molar-refractivity contribution is 5.15. The molecule has 0 aliphatic heterocycles. The van der Waals surface area contributed by atoms with E-state index in [-0.39, 0.29) is 0 Å². The minimum Gasteiger partial charge on any atom is -0.327 e. The molecule has 0 radical (unpaired) electrons. The lowest BCUT2D eigenvalue weighted by Gasteiger charge is -2.27. The molecule has 0 heterocycles. The molecular formula is C20H37N. The molecule has 122 valence electrons. The lowest BCUT2D eigenvalue weighted by Crippen LogP contribution is -2.31. The Morgan fingerprint density at radius 3 is 2.33 bits per heavy atom. The summed E-state index contributed by atoms with van der Waals surface area (Å²) < 4.78 is 0. The summed E-state index contributed by atoms with van der Waals surface area (Å²) >= 11 is 0. The Hall–Kier alpha value is -0.300. The van der Waals surface area contributed by atoms with E-state index in [0.29, 0.717) is 6.04 Å². The van der Waals surface area contributed by atoms with Gasteiger partial charge in [-0.25, -0.2) is 0 Å². The first-order valence-electron chi connectivity index (χ1n) is 9.76. The summed E-state index contributed by atoms with van der Waals surface area (Å²) in [4.78, 5) is 0. The highest BCUT2D eigenvalue weighted by Gasteiger charge is 2.20. The molecule has 0 aromatic rings. The molecule has 1 atom stereocenters. The number of hydrogen-bond donors (Lipinski definition) is 1. The number of allylic oxidation sites excluding steroid dienone is 2. The molecule has 0 saturated heterocycles. The number of nitrogens with two attached hydrogens (primary N) is 1. The van der Waals surface area contributed by atoms with Crippen molar-refractivity contribution >= 4 is 0 Å². The normalized spacial score (nSPS) is 22.3. The molecule has 0 amide bonds. The Morgan fingerprint density at radius 1 is 1.00 bits per heavy atom. The van der Waals surface area contributed by atoms with Gasteiger partial charge in [0, 0.05) is 6.04 Å². The first-order valence-corrected chi connectivity index (χ1v) is 9.76. The minimum atomic E-state index is 0.484. The van der Waals surface area contributed by atoms with Crippen LogP contribution in [-0.4, -0.2) is 6.04 Å². The lowest BCUT2D eigenvalue weighted by atomic mass is 9.82. The first kappa shape index (κ1) is 17.1. The van der Waals surface area contributed by atoms with Gasteiger partial charge in [0.05, 0.1) is 0 Å². The third kappa shape index (κ3) is 5.77. The molecule has 2 aliphatic rings. The Bertz CT molecular complexity index is 304. The van der Waals surface area contributed by atoms with Crippen molar-refractivity contribution in [1.29, 1.82) is 0 Å². The average Bonchev–Trinajstić information content (AvgIpc) is 2.56. The third-order valence-corrected chi connectivity index (χ3v) is 5.91. The van der Waals surface area contributed by atoms with Crippen molar-refractivity contribution in [3.05, 3.63) is 11.1 Å². The van der Waals surface area contributed by atoms with E-state index in [0.717, 1.165) is 5.92 Å². The molecule has 1 unspecified atom stereocenters. The number of unbranched alkanes of at least 4 members (excludes halogenated alkanes) is 1. The monoisotopic (exact) mass is 291 g/mol. The van der Waals surface area contributed by atoms with Crippen LogP contribution in [0.4, 0.5) is 0 Å². The fourth-order valence-corrected chi connectivity index (χ4v) is 4.45. The highest BCUT2D eigenvalue weighted by Crippen LogP contribution is 2.30. The summed E-state index contributed by atoms with van der Waals surface area (Å²) in [5.41, 5.74) is 10.0. The topological polar surface area (TPSA) is 26.0 Å². The molecule has 2 fully saturated rings. The summed E-state index contributed by atoms with van der Waals surface area (Å²) in [6, 6.07) is 0.484. The third-order valence-electron chi connectivity index (χ3n) is 5.91. The Balaban J connectivity index is 1.65. The van der Waals surface area contributed by atoms with Crippen molar-refractivity contribution in [3.63, 3.8) is 0 Å². The zero-order valence-corrected chi connectivity index (χ0v) is 14.3. The van der Waals surface area contributed by atoms with Crippen molar-refractivity contribution in [2.24, 2.45) is 11.7 Å².